The van der Waals surface area contributed by atoms with Gasteiger partial charge in [0.25, 0.3) is 0 Å². The van der Waals surface area contributed by atoms with E-state index in [1.807, 2.05) is 0 Å². The minimum Gasteiger partial charge on any atom is -0.491 e. The molecule has 18 heavy (non-hydrogen) atoms. The fraction of sp³-hybridized carbons (Fsp3) is 0.462. The summed E-state index contributed by atoms with van der Waals surface area (Å²) in [6, 6.07) is 4.60. The number of benzene rings is 1. The molecule has 1 aliphatic rings. The van der Waals surface area contributed by atoms with Crippen LogP contribution in [-0.2, 0) is 4.74 Å². The van der Waals surface area contributed by atoms with Crippen molar-refractivity contribution < 1.29 is 19.4 Å². The summed E-state index contributed by atoms with van der Waals surface area (Å²) in [6.45, 7) is 1.26. The van der Waals surface area contributed by atoms with Gasteiger partial charge in [0.1, 0.15) is 12.4 Å². The maximum absolute atomic E-state index is 10.8. The molecule has 0 saturated carbocycles. The van der Waals surface area contributed by atoms with Crippen molar-refractivity contribution in [2.24, 2.45) is 0 Å². The molecule has 1 unspecified atom stereocenters. The second kappa shape index (κ2) is 5.73. The molecule has 1 fully saturated rings. The average Bonchev–Trinajstić information content (AvgIpc) is 2.37. The monoisotopic (exact) mass is 251 g/mol. The molecule has 98 valence electrons. The second-order valence-corrected chi connectivity index (χ2v) is 4.35. The lowest BCUT2D eigenvalue weighted by atomic mass is 10.1. The number of carboxylic acids is 1. The molecule has 1 aromatic carbocycles. The summed E-state index contributed by atoms with van der Waals surface area (Å²) >= 11 is 0. The number of ether oxygens (including phenoxy) is 2. The van der Waals surface area contributed by atoms with Crippen molar-refractivity contribution in [3.05, 3.63) is 23.8 Å². The van der Waals surface area contributed by atoms with Crippen molar-refractivity contribution in [1.82, 2.24) is 0 Å². The molecular weight excluding hydrogens is 234 g/mol. The van der Waals surface area contributed by atoms with Crippen LogP contribution in [0.25, 0.3) is 0 Å². The predicted octanol–water partition coefficient (Wildman–Crippen LogP) is 1.91. The normalized spacial score (nSPS) is 19.4. The van der Waals surface area contributed by atoms with Crippen molar-refractivity contribution in [3.8, 4) is 5.75 Å². The molecule has 1 saturated heterocycles. The Hall–Kier alpha value is -1.75. The van der Waals surface area contributed by atoms with Crippen LogP contribution >= 0.6 is 0 Å². The summed E-state index contributed by atoms with van der Waals surface area (Å²) in [5.41, 5.74) is 5.95. The molecule has 2 rings (SSSR count). The standard InChI is InChI=1S/C13H17NO4/c14-12-7-9(4-5-11(12)13(15)16)18-8-10-3-1-2-6-17-10/h4-5,7,10H,1-3,6,8,14H2,(H,15,16). The third-order valence-corrected chi connectivity index (χ3v) is 2.96. The summed E-state index contributed by atoms with van der Waals surface area (Å²) in [5.74, 6) is -0.457. The number of rotatable bonds is 4. The van der Waals surface area contributed by atoms with E-state index in [0.717, 1.165) is 25.9 Å². The Bertz CT molecular complexity index is 427. The number of carboxylic acid groups (broad SMARTS) is 1. The third-order valence-electron chi connectivity index (χ3n) is 2.96. The van der Waals surface area contributed by atoms with E-state index in [-0.39, 0.29) is 17.4 Å². The summed E-state index contributed by atoms with van der Waals surface area (Å²) in [5, 5.41) is 8.85. The molecule has 3 N–H and O–H groups in total. The highest BCUT2D eigenvalue weighted by molar-refractivity contribution is 5.93. The molecule has 0 aliphatic carbocycles. The van der Waals surface area contributed by atoms with Crippen molar-refractivity contribution in [2.45, 2.75) is 25.4 Å². The first kappa shape index (κ1) is 12.7. The zero-order valence-corrected chi connectivity index (χ0v) is 10.1. The maximum Gasteiger partial charge on any atom is 0.337 e. The van der Waals surface area contributed by atoms with Crippen LogP contribution in [0.1, 0.15) is 29.6 Å². The Balaban J connectivity index is 1.93. The average molecular weight is 251 g/mol. The first-order chi connectivity index (χ1) is 8.66. The Labute approximate surface area is 106 Å². The molecule has 0 aromatic heterocycles. The first-order valence-corrected chi connectivity index (χ1v) is 6.04. The molecule has 0 radical (unpaired) electrons. The molecule has 1 heterocycles. The van der Waals surface area contributed by atoms with Crippen molar-refractivity contribution in [2.75, 3.05) is 18.9 Å². The zero-order valence-electron chi connectivity index (χ0n) is 10.1. The molecule has 5 heteroatoms. The highest BCUT2D eigenvalue weighted by Crippen LogP contribution is 2.21. The van der Waals surface area contributed by atoms with Gasteiger partial charge in [-0.3, -0.25) is 0 Å². The van der Waals surface area contributed by atoms with Crippen LogP contribution in [0.3, 0.4) is 0 Å². The fourth-order valence-electron chi connectivity index (χ4n) is 1.95. The molecule has 0 spiro atoms. The zero-order chi connectivity index (χ0) is 13.0. The SMILES string of the molecule is Nc1cc(OCC2CCCCO2)ccc1C(=O)O. The van der Waals surface area contributed by atoms with E-state index in [1.54, 1.807) is 6.07 Å². The topological polar surface area (TPSA) is 81.8 Å². The predicted molar refractivity (Wildman–Crippen MR) is 66.9 cm³/mol. The number of anilines is 1. The third kappa shape index (κ3) is 3.13. The lowest BCUT2D eigenvalue weighted by Gasteiger charge is -2.22. The van der Waals surface area contributed by atoms with Gasteiger partial charge in [-0.1, -0.05) is 0 Å². The van der Waals surface area contributed by atoms with Gasteiger partial charge in [-0.25, -0.2) is 4.79 Å². The Morgan fingerprint density at radius 3 is 2.94 bits per heavy atom. The van der Waals surface area contributed by atoms with Crippen LogP contribution in [0, 0.1) is 0 Å². The number of nitrogen functional groups attached to an aromatic ring is 1. The van der Waals surface area contributed by atoms with E-state index >= 15 is 0 Å². The lowest BCUT2D eigenvalue weighted by molar-refractivity contribution is -0.0110. The van der Waals surface area contributed by atoms with Gasteiger partial charge in [-0.05, 0) is 31.4 Å². The Kier molecular flexibility index (Phi) is 4.04. The molecule has 1 aliphatic heterocycles. The van der Waals surface area contributed by atoms with E-state index in [2.05, 4.69) is 0 Å². The van der Waals surface area contributed by atoms with Gasteiger partial charge in [0.05, 0.1) is 11.7 Å². The van der Waals surface area contributed by atoms with E-state index in [1.165, 1.54) is 12.1 Å². The van der Waals surface area contributed by atoms with Gasteiger partial charge >= 0.3 is 5.97 Å². The van der Waals surface area contributed by atoms with Gasteiger partial charge in [-0.15, -0.1) is 0 Å². The fourth-order valence-corrected chi connectivity index (χ4v) is 1.95. The molecule has 0 bridgehead atoms. The van der Waals surface area contributed by atoms with Crippen LogP contribution in [0.2, 0.25) is 0 Å². The number of hydrogen-bond acceptors (Lipinski definition) is 4. The van der Waals surface area contributed by atoms with Crippen molar-refractivity contribution >= 4 is 11.7 Å². The summed E-state index contributed by atoms with van der Waals surface area (Å²) in [6.07, 6.45) is 3.40. The van der Waals surface area contributed by atoms with Gasteiger partial charge in [0.15, 0.2) is 0 Å². The van der Waals surface area contributed by atoms with Crippen LogP contribution in [0.5, 0.6) is 5.75 Å². The smallest absolute Gasteiger partial charge is 0.337 e. The van der Waals surface area contributed by atoms with Crippen molar-refractivity contribution in [1.29, 1.82) is 0 Å². The first-order valence-electron chi connectivity index (χ1n) is 6.04. The maximum atomic E-state index is 10.8. The van der Waals surface area contributed by atoms with Crippen LogP contribution in [0.4, 0.5) is 5.69 Å². The highest BCUT2D eigenvalue weighted by Gasteiger charge is 2.15. The minimum atomic E-state index is -1.03. The Morgan fingerprint density at radius 2 is 2.33 bits per heavy atom. The molecular formula is C13H17NO4. The van der Waals surface area contributed by atoms with Gasteiger partial charge < -0.3 is 20.3 Å². The van der Waals surface area contributed by atoms with Gasteiger partial charge in [-0.2, -0.15) is 0 Å². The van der Waals surface area contributed by atoms with Crippen LogP contribution in [-0.4, -0.2) is 30.4 Å². The van der Waals surface area contributed by atoms with Gasteiger partial charge in [0.2, 0.25) is 0 Å². The summed E-state index contributed by atoms with van der Waals surface area (Å²) in [4.78, 5) is 10.8. The van der Waals surface area contributed by atoms with Crippen LogP contribution in [0.15, 0.2) is 18.2 Å². The van der Waals surface area contributed by atoms with E-state index < -0.39 is 5.97 Å². The molecule has 5 nitrogen and oxygen atoms in total. The molecule has 1 atom stereocenters. The van der Waals surface area contributed by atoms with E-state index in [9.17, 15) is 4.79 Å². The number of carbonyl (C=O) groups is 1. The lowest BCUT2D eigenvalue weighted by Crippen LogP contribution is -2.25. The highest BCUT2D eigenvalue weighted by atomic mass is 16.5. The van der Waals surface area contributed by atoms with E-state index in [4.69, 9.17) is 20.3 Å². The summed E-state index contributed by atoms with van der Waals surface area (Å²) < 4.78 is 11.1. The van der Waals surface area contributed by atoms with Crippen LogP contribution < -0.4 is 10.5 Å². The minimum absolute atomic E-state index is 0.0938. The largest absolute Gasteiger partial charge is 0.491 e. The second-order valence-electron chi connectivity index (χ2n) is 4.35. The molecule has 0 amide bonds. The van der Waals surface area contributed by atoms with E-state index in [0.29, 0.717) is 12.4 Å². The number of nitrogens with two attached hydrogens (primary N) is 1. The summed E-state index contributed by atoms with van der Waals surface area (Å²) in [7, 11) is 0. The molecule has 1 aromatic rings. The van der Waals surface area contributed by atoms with Crippen molar-refractivity contribution in [3.63, 3.8) is 0 Å². The quantitative estimate of drug-likeness (QED) is 0.799. The number of aromatic carboxylic acids is 1. The van der Waals surface area contributed by atoms with Gasteiger partial charge in [0, 0.05) is 18.4 Å². The number of hydrogen-bond donors (Lipinski definition) is 2. The Morgan fingerprint density at radius 1 is 1.50 bits per heavy atom.